The van der Waals surface area contributed by atoms with Gasteiger partial charge in [0.05, 0.1) is 16.7 Å². The summed E-state index contributed by atoms with van der Waals surface area (Å²) in [6.45, 7) is 9.44. The van der Waals surface area contributed by atoms with Crippen LogP contribution in [0.1, 0.15) is 49.9 Å². The molecule has 2 nitrogen and oxygen atoms in total. The average Bonchev–Trinajstić information content (AvgIpc) is 3.79. The van der Waals surface area contributed by atoms with Crippen LogP contribution in [0.15, 0.2) is 182 Å². The lowest BCUT2D eigenvalue weighted by molar-refractivity contribution is 0.660. The summed E-state index contributed by atoms with van der Waals surface area (Å²) in [5.41, 5.74) is 20.1. The number of anilines is 3. The second-order valence-corrected chi connectivity index (χ2v) is 16.6. The molecule has 56 heavy (non-hydrogen) atoms. The second-order valence-electron chi connectivity index (χ2n) is 16.6. The van der Waals surface area contributed by atoms with Gasteiger partial charge in [0, 0.05) is 44.2 Å². The van der Waals surface area contributed by atoms with E-state index in [0.717, 1.165) is 17.1 Å². The molecule has 0 bridgehead atoms. The Bertz CT molecular complexity index is 2980. The molecule has 0 unspecified atom stereocenters. The molecule has 0 spiro atoms. The Kier molecular flexibility index (Phi) is 6.98. The normalized spacial score (nSPS) is 14.4. The molecule has 2 aliphatic carbocycles. The lowest BCUT2D eigenvalue weighted by Crippen LogP contribution is -2.16. The number of para-hydroxylation sites is 2. The zero-order valence-electron chi connectivity index (χ0n) is 32.2. The Balaban J connectivity index is 1.07. The van der Waals surface area contributed by atoms with Crippen LogP contribution in [0.2, 0.25) is 0 Å². The molecule has 1 heterocycles. The SMILES string of the molecule is CC1(C)c2ccccc2-c2cc(N(c3ccc(-c4cccc(-n5c6ccccc6c6ccccc65)c4)cc3)c3cccc4c3-c3ccccc3C4(C)C)ccc21. The van der Waals surface area contributed by atoms with Gasteiger partial charge in [-0.05, 0) is 105 Å². The molecule has 9 aromatic rings. The molecule has 2 aliphatic rings. The molecular weight excluding hydrogens is 677 g/mol. The summed E-state index contributed by atoms with van der Waals surface area (Å²) in [7, 11) is 0. The van der Waals surface area contributed by atoms with Crippen molar-refractivity contribution in [3.8, 4) is 39.1 Å². The summed E-state index contributed by atoms with van der Waals surface area (Å²) in [6.07, 6.45) is 0. The van der Waals surface area contributed by atoms with Gasteiger partial charge in [0.15, 0.2) is 0 Å². The van der Waals surface area contributed by atoms with Gasteiger partial charge in [0.2, 0.25) is 0 Å². The summed E-state index contributed by atoms with van der Waals surface area (Å²) in [5, 5.41) is 2.55. The molecule has 0 radical (unpaired) electrons. The van der Waals surface area contributed by atoms with Gasteiger partial charge in [0.1, 0.15) is 0 Å². The van der Waals surface area contributed by atoms with Crippen LogP contribution in [0.3, 0.4) is 0 Å². The van der Waals surface area contributed by atoms with Gasteiger partial charge >= 0.3 is 0 Å². The Morgan fingerprint density at radius 2 is 0.946 bits per heavy atom. The van der Waals surface area contributed by atoms with Crippen LogP contribution < -0.4 is 4.90 Å². The lowest BCUT2D eigenvalue weighted by Gasteiger charge is -2.30. The number of aromatic nitrogens is 1. The van der Waals surface area contributed by atoms with Gasteiger partial charge in [-0.3, -0.25) is 0 Å². The molecule has 0 amide bonds. The number of benzene rings is 8. The number of nitrogens with zero attached hydrogens (tertiary/aromatic N) is 2. The van der Waals surface area contributed by atoms with Gasteiger partial charge in [-0.1, -0.05) is 155 Å². The summed E-state index contributed by atoms with van der Waals surface area (Å²) in [6, 6.07) is 67.5. The highest BCUT2D eigenvalue weighted by Crippen LogP contribution is 2.55. The minimum Gasteiger partial charge on any atom is -0.310 e. The van der Waals surface area contributed by atoms with E-state index in [2.05, 4.69) is 219 Å². The summed E-state index contributed by atoms with van der Waals surface area (Å²) in [4.78, 5) is 2.49. The van der Waals surface area contributed by atoms with Crippen LogP contribution >= 0.6 is 0 Å². The fourth-order valence-corrected chi connectivity index (χ4v) is 10.0. The van der Waals surface area contributed by atoms with Crippen LogP contribution in [-0.2, 0) is 10.8 Å². The highest BCUT2D eigenvalue weighted by Gasteiger charge is 2.39. The second kappa shape index (κ2) is 11.9. The fourth-order valence-electron chi connectivity index (χ4n) is 10.0. The van der Waals surface area contributed by atoms with Crippen molar-refractivity contribution in [1.29, 1.82) is 0 Å². The van der Waals surface area contributed by atoms with E-state index in [1.807, 2.05) is 0 Å². The molecule has 0 saturated heterocycles. The van der Waals surface area contributed by atoms with Crippen molar-refractivity contribution >= 4 is 38.9 Å². The first-order valence-corrected chi connectivity index (χ1v) is 19.8. The Labute approximate surface area is 328 Å². The summed E-state index contributed by atoms with van der Waals surface area (Å²) >= 11 is 0. The van der Waals surface area contributed by atoms with Crippen LogP contribution in [0.4, 0.5) is 17.1 Å². The third-order valence-corrected chi connectivity index (χ3v) is 12.8. The maximum Gasteiger partial charge on any atom is 0.0543 e. The molecule has 0 atom stereocenters. The lowest BCUT2D eigenvalue weighted by atomic mass is 9.82. The van der Waals surface area contributed by atoms with Crippen LogP contribution in [0, 0.1) is 0 Å². The van der Waals surface area contributed by atoms with E-state index in [9.17, 15) is 0 Å². The minimum absolute atomic E-state index is 0.0539. The molecule has 0 fully saturated rings. The third kappa shape index (κ3) is 4.62. The topological polar surface area (TPSA) is 8.17 Å². The average molecular weight is 719 g/mol. The summed E-state index contributed by atoms with van der Waals surface area (Å²) < 4.78 is 2.40. The molecule has 11 rings (SSSR count). The molecule has 1 aromatic heterocycles. The first-order valence-electron chi connectivity index (χ1n) is 19.8. The van der Waals surface area contributed by atoms with Crippen molar-refractivity contribution in [3.05, 3.63) is 204 Å². The highest BCUT2D eigenvalue weighted by molar-refractivity contribution is 6.09. The fraction of sp³-hybridized carbons (Fsp3) is 0.111. The monoisotopic (exact) mass is 718 g/mol. The van der Waals surface area contributed by atoms with Crippen molar-refractivity contribution in [2.45, 2.75) is 38.5 Å². The molecule has 8 aromatic carbocycles. The summed E-state index contributed by atoms with van der Waals surface area (Å²) in [5.74, 6) is 0. The molecule has 268 valence electrons. The molecule has 0 aliphatic heterocycles. The van der Waals surface area contributed by atoms with E-state index in [0.29, 0.717) is 0 Å². The van der Waals surface area contributed by atoms with E-state index >= 15 is 0 Å². The van der Waals surface area contributed by atoms with E-state index in [1.165, 1.54) is 83.1 Å². The van der Waals surface area contributed by atoms with Gasteiger partial charge < -0.3 is 9.47 Å². The third-order valence-electron chi connectivity index (χ3n) is 12.8. The first-order chi connectivity index (χ1) is 27.3. The standard InChI is InChI=1S/C54H42N2/c1-53(2)45-21-9-5-17-40(45)44-34-39(31-32-47(44)53)55(51-26-14-23-48-52(51)43-20-6-10-22-46(43)54(48,3)4)37-29-27-35(28-30-37)36-15-13-16-38(33-36)56-49-24-11-7-18-41(49)42-19-8-12-25-50(42)56/h5-34H,1-4H3. The van der Waals surface area contributed by atoms with Crippen LogP contribution in [0.5, 0.6) is 0 Å². The molecular formula is C54H42N2. The number of fused-ring (bicyclic) bond motifs is 9. The van der Waals surface area contributed by atoms with E-state index in [-0.39, 0.29) is 10.8 Å². The maximum absolute atomic E-state index is 2.49. The predicted octanol–water partition coefficient (Wildman–Crippen LogP) is 14.5. The largest absolute Gasteiger partial charge is 0.310 e. The van der Waals surface area contributed by atoms with Gasteiger partial charge in [0.25, 0.3) is 0 Å². The molecule has 0 saturated carbocycles. The van der Waals surface area contributed by atoms with Gasteiger partial charge in [-0.2, -0.15) is 0 Å². The van der Waals surface area contributed by atoms with E-state index in [4.69, 9.17) is 0 Å². The van der Waals surface area contributed by atoms with Crippen LogP contribution in [-0.4, -0.2) is 4.57 Å². The van der Waals surface area contributed by atoms with Crippen molar-refractivity contribution in [3.63, 3.8) is 0 Å². The van der Waals surface area contributed by atoms with Crippen molar-refractivity contribution in [2.24, 2.45) is 0 Å². The molecule has 2 heteroatoms. The van der Waals surface area contributed by atoms with Gasteiger partial charge in [-0.25, -0.2) is 0 Å². The number of hydrogen-bond acceptors (Lipinski definition) is 1. The predicted molar refractivity (Wildman–Crippen MR) is 236 cm³/mol. The smallest absolute Gasteiger partial charge is 0.0543 e. The quantitative estimate of drug-likeness (QED) is 0.172. The first kappa shape index (κ1) is 32.8. The molecule has 0 N–H and O–H groups in total. The maximum atomic E-state index is 2.49. The zero-order chi connectivity index (χ0) is 37.8. The Morgan fingerprint density at radius 1 is 0.393 bits per heavy atom. The van der Waals surface area contributed by atoms with Gasteiger partial charge in [-0.15, -0.1) is 0 Å². The van der Waals surface area contributed by atoms with Crippen molar-refractivity contribution < 1.29 is 0 Å². The Morgan fingerprint density at radius 3 is 1.68 bits per heavy atom. The zero-order valence-corrected chi connectivity index (χ0v) is 32.2. The van der Waals surface area contributed by atoms with E-state index in [1.54, 1.807) is 0 Å². The van der Waals surface area contributed by atoms with Crippen LogP contribution in [0.25, 0.3) is 60.9 Å². The highest BCUT2D eigenvalue weighted by atomic mass is 15.1. The van der Waals surface area contributed by atoms with Crippen molar-refractivity contribution in [2.75, 3.05) is 4.90 Å². The van der Waals surface area contributed by atoms with E-state index < -0.39 is 0 Å². The Hall–Kier alpha value is -6.64. The number of rotatable bonds is 5. The number of hydrogen-bond donors (Lipinski definition) is 0. The minimum atomic E-state index is -0.0975. The van der Waals surface area contributed by atoms with Crippen molar-refractivity contribution in [1.82, 2.24) is 4.57 Å².